The van der Waals surface area contributed by atoms with E-state index in [1.54, 1.807) is 13.2 Å². The Kier molecular flexibility index (Phi) is 5.83. The zero-order valence-corrected chi connectivity index (χ0v) is 14.2. The summed E-state index contributed by atoms with van der Waals surface area (Å²) >= 11 is 11.9. The van der Waals surface area contributed by atoms with Crippen molar-refractivity contribution >= 4 is 33.2 Å². The third kappa shape index (κ3) is 4.00. The maximum absolute atomic E-state index is 12.4. The molecule has 4 nitrogen and oxygen atoms in total. The molecule has 0 aliphatic heterocycles. The predicted molar refractivity (Wildman–Crippen MR) is 87.6 cm³/mol. The van der Waals surface area contributed by atoms with Crippen LogP contribution in [0.25, 0.3) is 0 Å². The Balaban J connectivity index is 2.24. The second-order valence-electron chi connectivity index (χ2n) is 4.58. The second-order valence-corrected chi connectivity index (χ2v) is 7.10. The molecule has 0 radical (unpaired) electrons. The normalized spacial score (nSPS) is 11.6. The molecule has 0 atom stereocenters. The number of hydrogen-bond donors (Lipinski definition) is 1. The molecule has 0 aliphatic carbocycles. The molecule has 2 rings (SSSR count). The van der Waals surface area contributed by atoms with Gasteiger partial charge in [-0.2, -0.15) is 0 Å². The van der Waals surface area contributed by atoms with Gasteiger partial charge < -0.3 is 4.74 Å². The molecule has 0 unspecified atom stereocenters. The van der Waals surface area contributed by atoms with E-state index in [-0.39, 0.29) is 21.5 Å². The van der Waals surface area contributed by atoms with Gasteiger partial charge in [-0.25, -0.2) is 13.1 Å². The molecule has 2 aromatic carbocycles. The zero-order valence-electron chi connectivity index (χ0n) is 11.8. The summed E-state index contributed by atoms with van der Waals surface area (Å²) in [4.78, 5) is -0.109. The maximum Gasteiger partial charge on any atom is 0.243 e. The molecule has 0 spiro atoms. The molecule has 7 heteroatoms. The van der Waals surface area contributed by atoms with E-state index < -0.39 is 10.0 Å². The van der Waals surface area contributed by atoms with Gasteiger partial charge in [0.2, 0.25) is 10.0 Å². The van der Waals surface area contributed by atoms with E-state index in [4.69, 9.17) is 27.9 Å². The van der Waals surface area contributed by atoms with Crippen molar-refractivity contribution in [3.63, 3.8) is 0 Å². The van der Waals surface area contributed by atoms with Gasteiger partial charge in [-0.05, 0) is 23.3 Å². The zero-order chi connectivity index (χ0) is 16.2. The third-order valence-electron chi connectivity index (χ3n) is 3.06. The highest BCUT2D eigenvalue weighted by molar-refractivity contribution is 7.89. The smallest absolute Gasteiger partial charge is 0.243 e. The lowest BCUT2D eigenvalue weighted by atomic mass is 10.1. The summed E-state index contributed by atoms with van der Waals surface area (Å²) in [6.07, 6.45) is 0. The van der Waals surface area contributed by atoms with Crippen LogP contribution in [0.2, 0.25) is 10.0 Å². The van der Waals surface area contributed by atoms with Crippen LogP contribution in [0.5, 0.6) is 0 Å². The first kappa shape index (κ1) is 17.2. The molecule has 22 heavy (non-hydrogen) atoms. The topological polar surface area (TPSA) is 55.4 Å². The summed E-state index contributed by atoms with van der Waals surface area (Å²) < 4.78 is 32.4. The highest BCUT2D eigenvalue weighted by atomic mass is 35.5. The van der Waals surface area contributed by atoms with Crippen LogP contribution in [-0.4, -0.2) is 15.5 Å². The lowest BCUT2D eigenvalue weighted by Gasteiger charge is -2.12. The average molecular weight is 360 g/mol. The second kappa shape index (κ2) is 7.44. The number of sulfonamides is 1. The molecule has 0 heterocycles. The van der Waals surface area contributed by atoms with Crippen LogP contribution in [0.15, 0.2) is 47.4 Å². The summed E-state index contributed by atoms with van der Waals surface area (Å²) in [5.41, 5.74) is 1.74. The van der Waals surface area contributed by atoms with Gasteiger partial charge in [0.25, 0.3) is 0 Å². The molecule has 0 bridgehead atoms. The van der Waals surface area contributed by atoms with Crippen molar-refractivity contribution in [3.05, 3.63) is 63.6 Å². The van der Waals surface area contributed by atoms with Crippen molar-refractivity contribution in [2.24, 2.45) is 0 Å². The molecule has 2 aromatic rings. The minimum absolute atomic E-state index is 0.0881. The molecule has 0 amide bonds. The van der Waals surface area contributed by atoms with Gasteiger partial charge in [0.05, 0.1) is 16.7 Å². The van der Waals surface area contributed by atoms with Crippen molar-refractivity contribution in [3.8, 4) is 0 Å². The Hall–Kier alpha value is -1.11. The lowest BCUT2D eigenvalue weighted by Crippen LogP contribution is -2.24. The van der Waals surface area contributed by atoms with Gasteiger partial charge in [-0.15, -0.1) is 0 Å². The lowest BCUT2D eigenvalue weighted by molar-refractivity contribution is 0.184. The van der Waals surface area contributed by atoms with Crippen LogP contribution >= 0.6 is 23.2 Å². The van der Waals surface area contributed by atoms with E-state index in [2.05, 4.69) is 4.72 Å². The Morgan fingerprint density at radius 1 is 1.00 bits per heavy atom. The fourth-order valence-electron chi connectivity index (χ4n) is 2.01. The SMILES string of the molecule is COCc1ccccc1CNS(=O)(=O)c1c(Cl)cccc1Cl. The molecule has 0 aromatic heterocycles. The molecule has 0 saturated carbocycles. The van der Waals surface area contributed by atoms with Crippen molar-refractivity contribution in [2.75, 3.05) is 7.11 Å². The van der Waals surface area contributed by atoms with Gasteiger partial charge in [0, 0.05) is 13.7 Å². The number of benzene rings is 2. The average Bonchev–Trinajstić information content (AvgIpc) is 2.46. The van der Waals surface area contributed by atoms with Gasteiger partial charge in [0.15, 0.2) is 0 Å². The molecule has 0 aliphatic rings. The fraction of sp³-hybridized carbons (Fsp3) is 0.200. The van der Waals surface area contributed by atoms with Crippen LogP contribution < -0.4 is 4.72 Å². The van der Waals surface area contributed by atoms with Gasteiger partial charge in [0.1, 0.15) is 4.90 Å². The van der Waals surface area contributed by atoms with Crippen LogP contribution in [0.1, 0.15) is 11.1 Å². The quantitative estimate of drug-likeness (QED) is 0.856. The Labute approximate surface area is 140 Å². The van der Waals surface area contributed by atoms with E-state index in [0.29, 0.717) is 6.61 Å². The maximum atomic E-state index is 12.4. The first-order chi connectivity index (χ1) is 10.5. The van der Waals surface area contributed by atoms with Crippen LogP contribution in [0.3, 0.4) is 0 Å². The van der Waals surface area contributed by atoms with Crippen LogP contribution in [-0.2, 0) is 27.9 Å². The highest BCUT2D eigenvalue weighted by Gasteiger charge is 2.21. The van der Waals surface area contributed by atoms with Crippen molar-refractivity contribution in [2.45, 2.75) is 18.0 Å². The van der Waals surface area contributed by atoms with E-state index in [1.165, 1.54) is 12.1 Å². The number of rotatable bonds is 6. The minimum Gasteiger partial charge on any atom is -0.380 e. The molecule has 0 saturated heterocycles. The number of methoxy groups -OCH3 is 1. The number of halogens is 2. The summed E-state index contributed by atoms with van der Waals surface area (Å²) in [5.74, 6) is 0. The summed E-state index contributed by atoms with van der Waals surface area (Å²) in [7, 11) is -2.22. The summed E-state index contributed by atoms with van der Waals surface area (Å²) in [6.45, 7) is 0.536. The number of ether oxygens (including phenoxy) is 1. The first-order valence-electron chi connectivity index (χ1n) is 6.45. The number of hydrogen-bond acceptors (Lipinski definition) is 3. The van der Waals surface area contributed by atoms with Crippen LogP contribution in [0.4, 0.5) is 0 Å². The largest absolute Gasteiger partial charge is 0.380 e. The van der Waals surface area contributed by atoms with Gasteiger partial charge in [-0.3, -0.25) is 0 Å². The van der Waals surface area contributed by atoms with E-state index in [9.17, 15) is 8.42 Å². The minimum atomic E-state index is -3.81. The molecule has 118 valence electrons. The third-order valence-corrected chi connectivity index (χ3v) is 5.41. The Morgan fingerprint density at radius 3 is 2.18 bits per heavy atom. The molecule has 1 N–H and O–H groups in total. The first-order valence-corrected chi connectivity index (χ1v) is 8.69. The Bertz CT molecular complexity index is 743. The van der Waals surface area contributed by atoms with Gasteiger partial charge >= 0.3 is 0 Å². The monoisotopic (exact) mass is 359 g/mol. The Morgan fingerprint density at radius 2 is 1.59 bits per heavy atom. The van der Waals surface area contributed by atoms with Crippen LogP contribution in [0, 0.1) is 0 Å². The summed E-state index contributed by atoms with van der Waals surface area (Å²) in [6, 6.07) is 12.0. The van der Waals surface area contributed by atoms with E-state index >= 15 is 0 Å². The highest BCUT2D eigenvalue weighted by Crippen LogP contribution is 2.28. The van der Waals surface area contributed by atoms with E-state index in [1.807, 2.05) is 24.3 Å². The van der Waals surface area contributed by atoms with Crippen molar-refractivity contribution < 1.29 is 13.2 Å². The molecular weight excluding hydrogens is 345 g/mol. The fourth-order valence-corrected chi connectivity index (χ4v) is 4.16. The standard InChI is InChI=1S/C15H15Cl2NO3S/c1-21-10-12-6-3-2-5-11(12)9-18-22(19,20)15-13(16)7-4-8-14(15)17/h2-8,18H,9-10H2,1H3. The van der Waals surface area contributed by atoms with Gasteiger partial charge in [-0.1, -0.05) is 53.5 Å². The van der Waals surface area contributed by atoms with E-state index in [0.717, 1.165) is 11.1 Å². The molecular formula is C15H15Cl2NO3S. The summed E-state index contributed by atoms with van der Waals surface area (Å²) in [5, 5.41) is 0.176. The van der Waals surface area contributed by atoms with Crippen molar-refractivity contribution in [1.29, 1.82) is 0 Å². The van der Waals surface area contributed by atoms with Crippen molar-refractivity contribution in [1.82, 2.24) is 4.72 Å². The number of nitrogens with one attached hydrogen (secondary N) is 1. The molecule has 0 fully saturated rings. The predicted octanol–water partition coefficient (Wildman–Crippen LogP) is 3.62.